The molecular formula is C12H13N3O3. The largest absolute Gasteiger partial charge is 0.450 e. The number of hydrogen-bond acceptors (Lipinski definition) is 4. The fourth-order valence-corrected chi connectivity index (χ4v) is 1.22. The Morgan fingerprint density at radius 3 is 2.78 bits per heavy atom. The zero-order valence-electron chi connectivity index (χ0n) is 9.90. The minimum atomic E-state index is -0.652. The number of ether oxygens (including phenoxy) is 1. The Kier molecular flexibility index (Phi) is 5.19. The number of para-hydroxylation sites is 1. The van der Waals surface area contributed by atoms with Gasteiger partial charge in [0.25, 0.3) is 0 Å². The van der Waals surface area contributed by atoms with Crippen molar-refractivity contribution in [3.8, 4) is 6.07 Å². The van der Waals surface area contributed by atoms with E-state index in [1.165, 1.54) is 0 Å². The second-order valence-electron chi connectivity index (χ2n) is 3.28. The molecule has 1 rings (SSSR count). The van der Waals surface area contributed by atoms with Crippen molar-refractivity contribution >= 4 is 17.7 Å². The van der Waals surface area contributed by atoms with Crippen LogP contribution in [0.3, 0.4) is 0 Å². The number of alkyl carbamates (subject to hydrolysis) is 1. The van der Waals surface area contributed by atoms with Gasteiger partial charge in [0.15, 0.2) is 0 Å². The molecule has 1 aromatic carbocycles. The molecule has 0 fully saturated rings. The zero-order chi connectivity index (χ0) is 13.4. The minimum absolute atomic E-state index is 0.210. The van der Waals surface area contributed by atoms with E-state index in [1.54, 1.807) is 31.2 Å². The van der Waals surface area contributed by atoms with Gasteiger partial charge < -0.3 is 15.4 Å². The summed E-state index contributed by atoms with van der Waals surface area (Å²) in [6.45, 7) is 1.70. The van der Waals surface area contributed by atoms with E-state index in [1.807, 2.05) is 6.07 Å². The topological polar surface area (TPSA) is 91.2 Å². The van der Waals surface area contributed by atoms with Crippen molar-refractivity contribution in [3.63, 3.8) is 0 Å². The number of nitrogens with zero attached hydrogens (tertiary/aromatic N) is 1. The third kappa shape index (κ3) is 4.14. The molecule has 0 heterocycles. The van der Waals surface area contributed by atoms with Gasteiger partial charge in [-0.2, -0.15) is 5.26 Å². The first-order chi connectivity index (χ1) is 8.67. The first-order valence-electron chi connectivity index (χ1n) is 5.37. The highest BCUT2D eigenvalue weighted by Gasteiger charge is 2.08. The lowest BCUT2D eigenvalue weighted by molar-refractivity contribution is -0.115. The van der Waals surface area contributed by atoms with Crippen LogP contribution in [-0.2, 0) is 9.53 Å². The van der Waals surface area contributed by atoms with Crippen LogP contribution in [0.4, 0.5) is 10.5 Å². The van der Waals surface area contributed by atoms with Crippen LogP contribution in [0.5, 0.6) is 0 Å². The summed E-state index contributed by atoms with van der Waals surface area (Å²) in [5.74, 6) is -0.425. The number of amides is 2. The summed E-state index contributed by atoms with van der Waals surface area (Å²) in [5, 5.41) is 13.6. The van der Waals surface area contributed by atoms with Gasteiger partial charge in [-0.15, -0.1) is 0 Å². The molecule has 0 unspecified atom stereocenters. The summed E-state index contributed by atoms with van der Waals surface area (Å²) in [7, 11) is 0. The Hall–Kier alpha value is -2.55. The van der Waals surface area contributed by atoms with E-state index in [0.29, 0.717) is 11.3 Å². The van der Waals surface area contributed by atoms with Gasteiger partial charge in [-0.25, -0.2) is 4.79 Å². The van der Waals surface area contributed by atoms with Crippen LogP contribution in [0.25, 0.3) is 0 Å². The molecule has 2 amide bonds. The third-order valence-corrected chi connectivity index (χ3v) is 1.99. The molecule has 94 valence electrons. The molecule has 0 spiro atoms. The number of rotatable bonds is 4. The Morgan fingerprint density at radius 1 is 1.39 bits per heavy atom. The predicted octanol–water partition coefficient (Wildman–Crippen LogP) is 1.24. The lowest BCUT2D eigenvalue weighted by atomic mass is 10.2. The van der Waals surface area contributed by atoms with Crippen molar-refractivity contribution in [2.24, 2.45) is 0 Å². The van der Waals surface area contributed by atoms with Crippen molar-refractivity contribution < 1.29 is 14.3 Å². The SMILES string of the molecule is CCOC(=O)NCC(=O)Nc1ccccc1C#N. The Balaban J connectivity index is 2.50. The number of nitrogens with one attached hydrogen (secondary N) is 2. The number of nitriles is 1. The first-order valence-corrected chi connectivity index (χ1v) is 5.37. The van der Waals surface area contributed by atoms with Crippen LogP contribution in [0.1, 0.15) is 12.5 Å². The van der Waals surface area contributed by atoms with E-state index in [4.69, 9.17) is 5.26 Å². The fraction of sp³-hybridized carbons (Fsp3) is 0.250. The zero-order valence-corrected chi connectivity index (χ0v) is 9.90. The molecule has 0 aliphatic heterocycles. The maximum atomic E-state index is 11.5. The molecule has 1 aromatic rings. The minimum Gasteiger partial charge on any atom is -0.450 e. The highest BCUT2D eigenvalue weighted by Crippen LogP contribution is 2.12. The Bertz CT molecular complexity index is 480. The van der Waals surface area contributed by atoms with Crippen LogP contribution in [-0.4, -0.2) is 25.2 Å². The van der Waals surface area contributed by atoms with Gasteiger partial charge in [0.1, 0.15) is 12.6 Å². The smallest absolute Gasteiger partial charge is 0.407 e. The lowest BCUT2D eigenvalue weighted by Gasteiger charge is -2.07. The van der Waals surface area contributed by atoms with E-state index in [2.05, 4.69) is 15.4 Å². The monoisotopic (exact) mass is 247 g/mol. The lowest BCUT2D eigenvalue weighted by Crippen LogP contribution is -2.33. The Morgan fingerprint density at radius 2 is 2.11 bits per heavy atom. The number of anilines is 1. The van der Waals surface area contributed by atoms with Gasteiger partial charge in [0, 0.05) is 0 Å². The van der Waals surface area contributed by atoms with Gasteiger partial charge in [-0.05, 0) is 19.1 Å². The number of hydrogen-bond donors (Lipinski definition) is 2. The summed E-state index contributed by atoms with van der Waals surface area (Å²) in [5.41, 5.74) is 0.776. The van der Waals surface area contributed by atoms with Crippen molar-refractivity contribution in [1.82, 2.24) is 5.32 Å². The van der Waals surface area contributed by atoms with Gasteiger partial charge in [-0.3, -0.25) is 4.79 Å². The van der Waals surface area contributed by atoms with Crippen molar-refractivity contribution in [2.75, 3.05) is 18.5 Å². The van der Waals surface area contributed by atoms with Gasteiger partial charge in [0.05, 0.1) is 17.9 Å². The maximum Gasteiger partial charge on any atom is 0.407 e. The molecule has 0 aliphatic rings. The summed E-state index contributed by atoms with van der Waals surface area (Å²) < 4.78 is 4.60. The summed E-state index contributed by atoms with van der Waals surface area (Å²) in [6, 6.07) is 8.57. The van der Waals surface area contributed by atoms with Crippen molar-refractivity contribution in [1.29, 1.82) is 5.26 Å². The molecule has 0 saturated carbocycles. The molecule has 0 aliphatic carbocycles. The molecule has 0 aromatic heterocycles. The number of benzene rings is 1. The fourth-order valence-electron chi connectivity index (χ4n) is 1.22. The maximum absolute atomic E-state index is 11.5. The van der Waals surface area contributed by atoms with E-state index in [9.17, 15) is 9.59 Å². The van der Waals surface area contributed by atoms with E-state index in [0.717, 1.165) is 0 Å². The molecule has 6 nitrogen and oxygen atoms in total. The second-order valence-corrected chi connectivity index (χ2v) is 3.28. The standard InChI is InChI=1S/C12H13N3O3/c1-2-18-12(17)14-8-11(16)15-10-6-4-3-5-9(10)7-13/h3-6H,2,8H2,1H3,(H,14,17)(H,15,16). The van der Waals surface area contributed by atoms with Gasteiger partial charge in [0.2, 0.25) is 5.91 Å². The van der Waals surface area contributed by atoms with Crippen molar-refractivity contribution in [3.05, 3.63) is 29.8 Å². The van der Waals surface area contributed by atoms with Crippen LogP contribution in [0.2, 0.25) is 0 Å². The average Bonchev–Trinajstić information content (AvgIpc) is 2.37. The Labute approximate surface area is 105 Å². The molecule has 18 heavy (non-hydrogen) atoms. The van der Waals surface area contributed by atoms with Crippen LogP contribution in [0.15, 0.2) is 24.3 Å². The molecular weight excluding hydrogens is 234 g/mol. The van der Waals surface area contributed by atoms with Crippen LogP contribution < -0.4 is 10.6 Å². The van der Waals surface area contributed by atoms with Gasteiger partial charge >= 0.3 is 6.09 Å². The second kappa shape index (κ2) is 6.91. The normalized spacial score (nSPS) is 9.11. The quantitative estimate of drug-likeness (QED) is 0.837. The molecule has 0 atom stereocenters. The predicted molar refractivity (Wildman–Crippen MR) is 64.8 cm³/mol. The summed E-state index contributed by atoms with van der Waals surface area (Å²) in [4.78, 5) is 22.5. The van der Waals surface area contributed by atoms with E-state index >= 15 is 0 Å². The number of carbonyl (C=O) groups excluding carboxylic acids is 2. The van der Waals surface area contributed by atoms with Crippen molar-refractivity contribution in [2.45, 2.75) is 6.92 Å². The summed E-state index contributed by atoms with van der Waals surface area (Å²) in [6.07, 6.45) is -0.652. The van der Waals surface area contributed by atoms with Crippen LogP contribution >= 0.6 is 0 Å². The highest BCUT2D eigenvalue weighted by molar-refractivity contribution is 5.94. The van der Waals surface area contributed by atoms with Gasteiger partial charge in [-0.1, -0.05) is 12.1 Å². The average molecular weight is 247 g/mol. The molecule has 0 bridgehead atoms. The molecule has 2 N–H and O–H groups in total. The highest BCUT2D eigenvalue weighted by atomic mass is 16.5. The molecule has 0 saturated heterocycles. The molecule has 6 heteroatoms. The number of carbonyl (C=O) groups is 2. The van der Waals surface area contributed by atoms with E-state index < -0.39 is 12.0 Å². The first kappa shape index (κ1) is 13.5. The third-order valence-electron chi connectivity index (χ3n) is 1.99. The van der Waals surface area contributed by atoms with E-state index in [-0.39, 0.29) is 13.2 Å². The van der Waals surface area contributed by atoms with Crippen LogP contribution in [0, 0.1) is 11.3 Å². The summed E-state index contributed by atoms with van der Waals surface area (Å²) >= 11 is 0. The molecule has 0 radical (unpaired) electrons.